The Morgan fingerprint density at radius 3 is 2.10 bits per heavy atom. The molecule has 3 heteroatoms. The molecule has 0 heterocycles. The van der Waals surface area contributed by atoms with Gasteiger partial charge in [0.15, 0.2) is 0 Å². The number of para-hydroxylation sites is 1. The Balaban J connectivity index is 1.37. The number of ether oxygens (including phenoxy) is 2. The summed E-state index contributed by atoms with van der Waals surface area (Å²) in [5.74, 6) is 0.890. The van der Waals surface area contributed by atoms with Crippen molar-refractivity contribution in [3.63, 3.8) is 0 Å². The van der Waals surface area contributed by atoms with E-state index >= 15 is 0 Å². The normalized spacial score (nSPS) is 10.7. The lowest BCUT2D eigenvalue weighted by molar-refractivity contribution is -0.128. The molecule has 0 aliphatic rings. The average Bonchev–Trinajstić information content (AvgIpc) is 2.84. The molecule has 0 N–H and O–H groups in total. The number of hydrogen-bond donors (Lipinski definition) is 0. The fourth-order valence-corrected chi connectivity index (χ4v) is 3.13. The van der Waals surface area contributed by atoms with E-state index in [4.69, 9.17) is 9.47 Å². The summed E-state index contributed by atoms with van der Waals surface area (Å²) < 4.78 is 11.4. The molecule has 31 heavy (non-hydrogen) atoms. The maximum atomic E-state index is 12.4. The van der Waals surface area contributed by atoms with Crippen LogP contribution in [0.15, 0.2) is 115 Å². The molecule has 3 nitrogen and oxygen atoms in total. The number of hydrogen-bond acceptors (Lipinski definition) is 3. The molecule has 0 amide bonds. The summed E-state index contributed by atoms with van der Waals surface area (Å²) in [6.07, 6.45) is 3.16. The molecule has 0 saturated carbocycles. The summed E-state index contributed by atoms with van der Waals surface area (Å²) in [6.45, 7) is 0.517. The molecular formula is C28H22O3. The van der Waals surface area contributed by atoms with Crippen LogP contribution in [0.5, 0.6) is 11.5 Å². The molecule has 0 unspecified atom stereocenters. The first-order valence-electron chi connectivity index (χ1n) is 10.1. The molecule has 0 fully saturated rings. The Kier molecular flexibility index (Phi) is 6.56. The Bertz CT molecular complexity index is 1150. The molecule has 0 radical (unpaired) electrons. The van der Waals surface area contributed by atoms with Crippen LogP contribution in [-0.2, 0) is 11.4 Å². The SMILES string of the molecule is O=C(/C=C/c1ccc(OCc2ccccc2)cc1)Oc1ccccc1-c1ccccc1. The van der Waals surface area contributed by atoms with Crippen molar-refractivity contribution in [3.8, 4) is 22.6 Å². The highest BCUT2D eigenvalue weighted by Gasteiger charge is 2.08. The topological polar surface area (TPSA) is 35.5 Å². The summed E-state index contributed by atoms with van der Waals surface area (Å²) in [7, 11) is 0. The molecule has 152 valence electrons. The fourth-order valence-electron chi connectivity index (χ4n) is 3.13. The summed E-state index contributed by atoms with van der Waals surface area (Å²) in [5.41, 5.74) is 3.89. The lowest BCUT2D eigenvalue weighted by atomic mass is 10.1. The summed E-state index contributed by atoms with van der Waals surface area (Å²) in [5, 5.41) is 0. The van der Waals surface area contributed by atoms with Gasteiger partial charge >= 0.3 is 5.97 Å². The third-order valence-corrected chi connectivity index (χ3v) is 4.72. The van der Waals surface area contributed by atoms with E-state index in [0.29, 0.717) is 12.4 Å². The first-order valence-corrected chi connectivity index (χ1v) is 10.1. The third-order valence-electron chi connectivity index (χ3n) is 4.72. The van der Waals surface area contributed by atoms with Gasteiger partial charge in [0.2, 0.25) is 0 Å². The molecular weight excluding hydrogens is 384 g/mol. The van der Waals surface area contributed by atoms with Crippen LogP contribution in [0.3, 0.4) is 0 Å². The van der Waals surface area contributed by atoms with Gasteiger partial charge in [-0.15, -0.1) is 0 Å². The van der Waals surface area contributed by atoms with Crippen molar-refractivity contribution in [1.82, 2.24) is 0 Å². The third kappa shape index (κ3) is 5.71. The predicted molar refractivity (Wildman–Crippen MR) is 124 cm³/mol. The lowest BCUT2D eigenvalue weighted by Crippen LogP contribution is -2.04. The van der Waals surface area contributed by atoms with Crippen LogP contribution in [-0.4, -0.2) is 5.97 Å². The van der Waals surface area contributed by atoms with Crippen LogP contribution in [0.4, 0.5) is 0 Å². The van der Waals surface area contributed by atoms with Gasteiger partial charge < -0.3 is 9.47 Å². The molecule has 0 aliphatic heterocycles. The van der Waals surface area contributed by atoms with Crippen molar-refractivity contribution in [3.05, 3.63) is 126 Å². The summed E-state index contributed by atoms with van der Waals surface area (Å²) >= 11 is 0. The zero-order valence-electron chi connectivity index (χ0n) is 17.0. The van der Waals surface area contributed by atoms with Crippen molar-refractivity contribution >= 4 is 12.0 Å². The molecule has 0 saturated heterocycles. The maximum absolute atomic E-state index is 12.4. The monoisotopic (exact) mass is 406 g/mol. The van der Waals surface area contributed by atoms with Gasteiger partial charge in [0.05, 0.1) is 0 Å². The number of carbonyl (C=O) groups is 1. The largest absolute Gasteiger partial charge is 0.489 e. The van der Waals surface area contributed by atoms with E-state index in [9.17, 15) is 4.79 Å². The van der Waals surface area contributed by atoms with Crippen molar-refractivity contribution < 1.29 is 14.3 Å². The van der Waals surface area contributed by atoms with E-state index < -0.39 is 5.97 Å². The first kappa shape index (κ1) is 20.2. The smallest absolute Gasteiger partial charge is 0.336 e. The van der Waals surface area contributed by atoms with Gasteiger partial charge in [-0.1, -0.05) is 91.0 Å². The highest BCUT2D eigenvalue weighted by atomic mass is 16.5. The van der Waals surface area contributed by atoms with E-state index in [1.54, 1.807) is 12.1 Å². The molecule has 4 aromatic carbocycles. The first-order chi connectivity index (χ1) is 15.3. The zero-order chi connectivity index (χ0) is 21.3. The molecule has 0 spiro atoms. The van der Waals surface area contributed by atoms with Crippen LogP contribution >= 0.6 is 0 Å². The zero-order valence-corrected chi connectivity index (χ0v) is 17.0. The van der Waals surface area contributed by atoms with Gasteiger partial charge in [-0.3, -0.25) is 0 Å². The Morgan fingerprint density at radius 1 is 0.710 bits per heavy atom. The lowest BCUT2D eigenvalue weighted by Gasteiger charge is -2.09. The summed E-state index contributed by atoms with van der Waals surface area (Å²) in [4.78, 5) is 12.4. The molecule has 4 rings (SSSR count). The van der Waals surface area contributed by atoms with E-state index in [1.165, 1.54) is 6.08 Å². The summed E-state index contributed by atoms with van der Waals surface area (Å²) in [6, 6.07) is 35.0. The minimum absolute atomic E-state index is 0.423. The molecule has 0 atom stereocenters. The van der Waals surface area contributed by atoms with E-state index in [-0.39, 0.29) is 0 Å². The Hall–Kier alpha value is -4.11. The van der Waals surface area contributed by atoms with Gasteiger partial charge in [-0.2, -0.15) is 0 Å². The number of esters is 1. The van der Waals surface area contributed by atoms with Gasteiger partial charge in [0.1, 0.15) is 18.1 Å². The van der Waals surface area contributed by atoms with Crippen LogP contribution in [0.2, 0.25) is 0 Å². The van der Waals surface area contributed by atoms with E-state index in [1.807, 2.05) is 103 Å². The Morgan fingerprint density at radius 2 is 1.35 bits per heavy atom. The predicted octanol–water partition coefficient (Wildman–Crippen LogP) is 6.55. The van der Waals surface area contributed by atoms with Crippen molar-refractivity contribution in [2.75, 3.05) is 0 Å². The minimum Gasteiger partial charge on any atom is -0.489 e. The molecule has 4 aromatic rings. The number of carbonyl (C=O) groups excluding carboxylic acids is 1. The Labute approximate surface area is 182 Å². The van der Waals surface area contributed by atoms with E-state index in [0.717, 1.165) is 28.0 Å². The number of rotatable bonds is 7. The highest BCUT2D eigenvalue weighted by molar-refractivity contribution is 5.90. The second-order valence-electron chi connectivity index (χ2n) is 6.96. The van der Waals surface area contributed by atoms with Crippen LogP contribution in [0, 0.1) is 0 Å². The maximum Gasteiger partial charge on any atom is 0.336 e. The number of benzene rings is 4. The van der Waals surface area contributed by atoms with Crippen LogP contribution in [0.1, 0.15) is 11.1 Å². The van der Waals surface area contributed by atoms with Crippen LogP contribution in [0.25, 0.3) is 17.2 Å². The fraction of sp³-hybridized carbons (Fsp3) is 0.0357. The van der Waals surface area contributed by atoms with Gasteiger partial charge in [-0.25, -0.2) is 4.79 Å². The second-order valence-corrected chi connectivity index (χ2v) is 6.96. The van der Waals surface area contributed by atoms with Crippen molar-refractivity contribution in [2.45, 2.75) is 6.61 Å². The quantitative estimate of drug-likeness (QED) is 0.198. The van der Waals surface area contributed by atoms with Crippen LogP contribution < -0.4 is 9.47 Å². The van der Waals surface area contributed by atoms with E-state index in [2.05, 4.69) is 0 Å². The van der Waals surface area contributed by atoms with Gasteiger partial charge in [0, 0.05) is 11.6 Å². The van der Waals surface area contributed by atoms with Crippen molar-refractivity contribution in [1.29, 1.82) is 0 Å². The van der Waals surface area contributed by atoms with Crippen molar-refractivity contribution in [2.24, 2.45) is 0 Å². The highest BCUT2D eigenvalue weighted by Crippen LogP contribution is 2.29. The molecule has 0 aromatic heterocycles. The van der Waals surface area contributed by atoms with Gasteiger partial charge in [0.25, 0.3) is 0 Å². The van der Waals surface area contributed by atoms with Gasteiger partial charge in [-0.05, 0) is 41.0 Å². The molecule has 0 bridgehead atoms. The minimum atomic E-state index is -0.423. The standard InChI is InChI=1S/C28H22O3/c29-28(31-27-14-8-7-13-26(27)24-11-5-2-6-12-24)20-17-22-15-18-25(19-16-22)30-21-23-9-3-1-4-10-23/h1-20H,21H2/b20-17+. The second kappa shape index (κ2) is 10.1. The average molecular weight is 406 g/mol. The molecule has 0 aliphatic carbocycles.